The monoisotopic (exact) mass is 304 g/mol. The standard InChI is InChI=1S/C20H32O2/c1-3-5-6-7-8-9-10-11-12-17-20(16-4-2)18(21)14-13-15-19(20)22/h4,11-12H,2-3,5-10,13-17H2,1H3. The van der Waals surface area contributed by atoms with E-state index in [9.17, 15) is 9.59 Å². The van der Waals surface area contributed by atoms with E-state index in [1.165, 1.54) is 38.5 Å². The zero-order valence-corrected chi connectivity index (χ0v) is 14.2. The van der Waals surface area contributed by atoms with E-state index in [2.05, 4.69) is 25.7 Å². The summed E-state index contributed by atoms with van der Waals surface area (Å²) in [6.45, 7) is 5.97. The normalized spacial score (nSPS) is 18.0. The van der Waals surface area contributed by atoms with Gasteiger partial charge in [0, 0.05) is 12.8 Å². The molecule has 1 aliphatic rings. The van der Waals surface area contributed by atoms with Crippen molar-refractivity contribution in [3.63, 3.8) is 0 Å². The van der Waals surface area contributed by atoms with Crippen LogP contribution in [0.25, 0.3) is 0 Å². The molecule has 0 spiro atoms. The maximum atomic E-state index is 12.3. The molecule has 2 nitrogen and oxygen atoms in total. The highest BCUT2D eigenvalue weighted by Crippen LogP contribution is 2.37. The highest BCUT2D eigenvalue weighted by Gasteiger charge is 2.44. The summed E-state index contributed by atoms with van der Waals surface area (Å²) >= 11 is 0. The average Bonchev–Trinajstić information content (AvgIpc) is 2.50. The Morgan fingerprint density at radius 3 is 2.23 bits per heavy atom. The zero-order valence-electron chi connectivity index (χ0n) is 14.2. The van der Waals surface area contributed by atoms with Crippen molar-refractivity contribution in [2.75, 3.05) is 0 Å². The SMILES string of the molecule is C=CCC1(CC=CCCCCCCCC)C(=O)CCCC1=O. The van der Waals surface area contributed by atoms with Crippen molar-refractivity contribution in [3.8, 4) is 0 Å². The van der Waals surface area contributed by atoms with Gasteiger partial charge < -0.3 is 0 Å². The van der Waals surface area contributed by atoms with Gasteiger partial charge in [0.05, 0.1) is 5.41 Å². The molecule has 124 valence electrons. The quantitative estimate of drug-likeness (QED) is 0.284. The van der Waals surface area contributed by atoms with E-state index in [4.69, 9.17) is 0 Å². The van der Waals surface area contributed by atoms with Gasteiger partial charge in [0.2, 0.25) is 0 Å². The maximum Gasteiger partial charge on any atom is 0.147 e. The Hall–Kier alpha value is -1.18. The lowest BCUT2D eigenvalue weighted by molar-refractivity contribution is -0.143. The van der Waals surface area contributed by atoms with Gasteiger partial charge >= 0.3 is 0 Å². The smallest absolute Gasteiger partial charge is 0.147 e. The number of unbranched alkanes of at least 4 members (excludes halogenated alkanes) is 6. The van der Waals surface area contributed by atoms with Crippen molar-refractivity contribution in [2.45, 2.75) is 84.0 Å². The van der Waals surface area contributed by atoms with Crippen LogP contribution in [0.4, 0.5) is 0 Å². The Labute approximate surface area is 136 Å². The van der Waals surface area contributed by atoms with Crippen LogP contribution in [-0.4, -0.2) is 11.6 Å². The third kappa shape index (κ3) is 5.55. The molecule has 0 heterocycles. The highest BCUT2D eigenvalue weighted by molar-refractivity contribution is 6.09. The number of hydrogen-bond donors (Lipinski definition) is 0. The number of carbonyl (C=O) groups is 2. The lowest BCUT2D eigenvalue weighted by Crippen LogP contribution is -2.41. The van der Waals surface area contributed by atoms with Gasteiger partial charge in [-0.15, -0.1) is 6.58 Å². The molecule has 2 heteroatoms. The number of ketones is 2. The second kappa shape index (κ2) is 10.5. The summed E-state index contributed by atoms with van der Waals surface area (Å²) in [6.07, 6.45) is 17.6. The Bertz CT molecular complexity index is 377. The van der Waals surface area contributed by atoms with E-state index in [0.717, 1.165) is 12.8 Å². The average molecular weight is 304 g/mol. The molecule has 0 amide bonds. The van der Waals surface area contributed by atoms with E-state index < -0.39 is 5.41 Å². The van der Waals surface area contributed by atoms with Gasteiger partial charge in [0.25, 0.3) is 0 Å². The van der Waals surface area contributed by atoms with E-state index in [1.54, 1.807) is 6.08 Å². The second-order valence-corrected chi connectivity index (χ2v) is 6.51. The summed E-state index contributed by atoms with van der Waals surface area (Å²) in [6, 6.07) is 0. The number of allylic oxidation sites excluding steroid dienone is 3. The third-order valence-corrected chi connectivity index (χ3v) is 4.73. The molecule has 0 unspecified atom stereocenters. The molecule has 0 saturated heterocycles. The van der Waals surface area contributed by atoms with Crippen LogP contribution < -0.4 is 0 Å². The van der Waals surface area contributed by atoms with Crippen LogP contribution in [0.3, 0.4) is 0 Å². The van der Waals surface area contributed by atoms with Gasteiger partial charge in [-0.25, -0.2) is 0 Å². The van der Waals surface area contributed by atoms with Gasteiger partial charge in [-0.1, -0.05) is 57.3 Å². The summed E-state index contributed by atoms with van der Waals surface area (Å²) in [5.41, 5.74) is -0.794. The minimum absolute atomic E-state index is 0.118. The van der Waals surface area contributed by atoms with Crippen molar-refractivity contribution in [2.24, 2.45) is 5.41 Å². The van der Waals surface area contributed by atoms with E-state index >= 15 is 0 Å². The molecule has 1 rings (SSSR count). The fourth-order valence-corrected chi connectivity index (χ4v) is 3.27. The van der Waals surface area contributed by atoms with Gasteiger partial charge in [-0.2, -0.15) is 0 Å². The lowest BCUT2D eigenvalue weighted by Gasteiger charge is -2.32. The molecule has 22 heavy (non-hydrogen) atoms. The number of rotatable bonds is 11. The van der Waals surface area contributed by atoms with Crippen LogP contribution >= 0.6 is 0 Å². The molecule has 0 aromatic carbocycles. The summed E-state index contributed by atoms with van der Waals surface area (Å²) in [7, 11) is 0. The van der Waals surface area contributed by atoms with Gasteiger partial charge in [-0.05, 0) is 32.1 Å². The van der Waals surface area contributed by atoms with Crippen molar-refractivity contribution >= 4 is 11.6 Å². The fourth-order valence-electron chi connectivity index (χ4n) is 3.27. The fraction of sp³-hybridized carbons (Fsp3) is 0.700. The third-order valence-electron chi connectivity index (χ3n) is 4.73. The molecule has 0 radical (unpaired) electrons. The molecule has 1 saturated carbocycles. The van der Waals surface area contributed by atoms with Crippen molar-refractivity contribution < 1.29 is 9.59 Å². The first-order valence-electron chi connectivity index (χ1n) is 9.00. The van der Waals surface area contributed by atoms with Crippen molar-refractivity contribution in [3.05, 3.63) is 24.8 Å². The molecule has 0 N–H and O–H groups in total. The first-order valence-corrected chi connectivity index (χ1v) is 9.00. The second-order valence-electron chi connectivity index (χ2n) is 6.51. The molecule has 0 atom stereocenters. The van der Waals surface area contributed by atoms with Crippen LogP contribution in [0.1, 0.15) is 84.0 Å². The number of hydrogen-bond acceptors (Lipinski definition) is 2. The Kier molecular flexibility index (Phi) is 9.03. The minimum Gasteiger partial charge on any atom is -0.299 e. The Morgan fingerprint density at radius 2 is 1.59 bits per heavy atom. The first kappa shape index (κ1) is 18.9. The lowest BCUT2D eigenvalue weighted by atomic mass is 9.67. The summed E-state index contributed by atoms with van der Waals surface area (Å²) in [4.78, 5) is 24.6. The van der Waals surface area contributed by atoms with Crippen LogP contribution in [0.5, 0.6) is 0 Å². The van der Waals surface area contributed by atoms with Crippen LogP contribution in [0.15, 0.2) is 24.8 Å². The van der Waals surface area contributed by atoms with Crippen molar-refractivity contribution in [1.82, 2.24) is 0 Å². The predicted octanol–water partition coefficient (Wildman–Crippen LogP) is 5.57. The summed E-state index contributed by atoms with van der Waals surface area (Å²) < 4.78 is 0. The molecule has 0 aromatic heterocycles. The molecule has 1 aliphatic carbocycles. The van der Waals surface area contributed by atoms with E-state index in [-0.39, 0.29) is 11.6 Å². The topological polar surface area (TPSA) is 34.1 Å². The van der Waals surface area contributed by atoms with Gasteiger partial charge in [0.15, 0.2) is 0 Å². The summed E-state index contributed by atoms with van der Waals surface area (Å²) in [5, 5.41) is 0. The maximum absolute atomic E-state index is 12.3. The van der Waals surface area contributed by atoms with Gasteiger partial charge in [0.1, 0.15) is 11.6 Å². The Morgan fingerprint density at radius 1 is 0.955 bits per heavy atom. The molecule has 0 bridgehead atoms. The van der Waals surface area contributed by atoms with Gasteiger partial charge in [-0.3, -0.25) is 9.59 Å². The molecule has 0 aliphatic heterocycles. The van der Waals surface area contributed by atoms with Crippen LogP contribution in [0.2, 0.25) is 0 Å². The van der Waals surface area contributed by atoms with Crippen molar-refractivity contribution in [1.29, 1.82) is 0 Å². The molecular weight excluding hydrogens is 272 g/mol. The number of carbonyl (C=O) groups excluding carboxylic acids is 2. The first-order chi connectivity index (χ1) is 10.7. The Balaban J connectivity index is 2.38. The zero-order chi connectivity index (χ0) is 16.3. The largest absolute Gasteiger partial charge is 0.299 e. The molecule has 0 aromatic rings. The molecular formula is C20H32O2. The molecule has 1 fully saturated rings. The highest BCUT2D eigenvalue weighted by atomic mass is 16.2. The van der Waals surface area contributed by atoms with Crippen LogP contribution in [0, 0.1) is 5.41 Å². The summed E-state index contributed by atoms with van der Waals surface area (Å²) in [5.74, 6) is 0.237. The minimum atomic E-state index is -0.794. The van der Waals surface area contributed by atoms with Crippen LogP contribution in [-0.2, 0) is 9.59 Å². The van der Waals surface area contributed by atoms with E-state index in [0.29, 0.717) is 25.7 Å². The number of Topliss-reactive ketones (excluding diaryl/α,β-unsaturated/α-hetero) is 2. The predicted molar refractivity (Wildman–Crippen MR) is 92.9 cm³/mol. The van der Waals surface area contributed by atoms with E-state index in [1.807, 2.05) is 0 Å².